The summed E-state index contributed by atoms with van der Waals surface area (Å²) in [6.45, 7) is -0.162. The van der Waals surface area contributed by atoms with Gasteiger partial charge in [0.25, 0.3) is 5.56 Å². The van der Waals surface area contributed by atoms with Crippen molar-refractivity contribution in [3.05, 3.63) is 27.2 Å². The molecule has 2 heterocycles. The third-order valence-electron chi connectivity index (χ3n) is 5.00. The Morgan fingerprint density at radius 2 is 2.04 bits per heavy atom. The highest BCUT2D eigenvalue weighted by atomic mass is 19.4. The van der Waals surface area contributed by atoms with E-state index >= 15 is 0 Å². The number of imidazole rings is 1. The molecule has 0 spiro atoms. The monoisotopic (exact) mass is 360 g/mol. The van der Waals surface area contributed by atoms with Gasteiger partial charge in [-0.25, -0.2) is 9.78 Å². The Morgan fingerprint density at radius 1 is 1.36 bits per heavy atom. The van der Waals surface area contributed by atoms with E-state index in [1.54, 1.807) is 7.05 Å². The fourth-order valence-corrected chi connectivity index (χ4v) is 3.59. The van der Waals surface area contributed by atoms with Gasteiger partial charge in [0.15, 0.2) is 16.8 Å². The molecule has 0 amide bonds. The van der Waals surface area contributed by atoms with Gasteiger partial charge in [0.2, 0.25) is 0 Å². The van der Waals surface area contributed by atoms with Crippen LogP contribution >= 0.6 is 0 Å². The Kier molecular flexibility index (Phi) is 4.05. The van der Waals surface area contributed by atoms with E-state index in [0.29, 0.717) is 6.42 Å². The molecular weight excluding hydrogens is 341 g/mol. The summed E-state index contributed by atoms with van der Waals surface area (Å²) >= 11 is 0. The topological polar surface area (TPSA) is 82.1 Å². The van der Waals surface area contributed by atoms with Gasteiger partial charge in [-0.15, -0.1) is 0 Å². The van der Waals surface area contributed by atoms with Gasteiger partial charge in [-0.05, 0) is 31.6 Å². The predicted octanol–water partition coefficient (Wildman–Crippen LogP) is 0.917. The highest BCUT2D eigenvalue weighted by Gasteiger charge is 2.55. The summed E-state index contributed by atoms with van der Waals surface area (Å²) in [7, 11) is 3.06. The molecule has 1 saturated carbocycles. The first-order valence-electron chi connectivity index (χ1n) is 7.95. The number of fused-ring (bicyclic) bond motifs is 1. The Balaban J connectivity index is 2.00. The molecule has 25 heavy (non-hydrogen) atoms. The van der Waals surface area contributed by atoms with Gasteiger partial charge in [-0.1, -0.05) is 0 Å². The Bertz CT molecular complexity index is 927. The maximum absolute atomic E-state index is 13.1. The average molecular weight is 360 g/mol. The van der Waals surface area contributed by atoms with E-state index in [1.165, 1.54) is 22.5 Å². The van der Waals surface area contributed by atoms with Crippen LogP contribution in [0.5, 0.6) is 0 Å². The summed E-state index contributed by atoms with van der Waals surface area (Å²) in [6.07, 6.45) is -3.61. The van der Waals surface area contributed by atoms with E-state index in [9.17, 15) is 27.9 Å². The van der Waals surface area contributed by atoms with Crippen molar-refractivity contribution in [1.29, 1.82) is 0 Å². The number of aliphatic hydroxyl groups is 1. The molecular formula is C15H19F3N4O3. The fourth-order valence-electron chi connectivity index (χ4n) is 3.59. The van der Waals surface area contributed by atoms with Gasteiger partial charge < -0.3 is 9.67 Å². The molecule has 0 aromatic carbocycles. The third kappa shape index (κ3) is 2.78. The molecule has 2 atom stereocenters. The van der Waals surface area contributed by atoms with Gasteiger partial charge in [-0.3, -0.25) is 13.9 Å². The Labute approximate surface area is 140 Å². The maximum Gasteiger partial charge on any atom is 0.417 e. The van der Waals surface area contributed by atoms with Gasteiger partial charge >= 0.3 is 11.9 Å². The average Bonchev–Trinajstić information content (AvgIpc) is 2.90. The van der Waals surface area contributed by atoms with Crippen molar-refractivity contribution in [1.82, 2.24) is 18.7 Å². The van der Waals surface area contributed by atoms with Crippen molar-refractivity contribution in [3.63, 3.8) is 0 Å². The largest absolute Gasteiger partial charge is 0.417 e. The van der Waals surface area contributed by atoms with Crippen LogP contribution in [0.3, 0.4) is 0 Å². The van der Waals surface area contributed by atoms with E-state index in [0.717, 1.165) is 4.57 Å². The molecule has 0 unspecified atom stereocenters. The minimum atomic E-state index is -4.73. The van der Waals surface area contributed by atoms with Gasteiger partial charge in [-0.2, -0.15) is 13.2 Å². The second-order valence-electron chi connectivity index (χ2n) is 6.78. The van der Waals surface area contributed by atoms with Crippen LogP contribution in [0.4, 0.5) is 13.2 Å². The van der Waals surface area contributed by atoms with E-state index in [2.05, 4.69) is 4.98 Å². The number of rotatable bonds is 2. The molecule has 0 saturated heterocycles. The van der Waals surface area contributed by atoms with Crippen LogP contribution in [-0.2, 0) is 20.6 Å². The number of alkyl halides is 3. The van der Waals surface area contributed by atoms with Crippen LogP contribution < -0.4 is 11.2 Å². The van der Waals surface area contributed by atoms with Crippen LogP contribution in [0.1, 0.15) is 25.7 Å². The first-order valence-corrected chi connectivity index (χ1v) is 7.95. The van der Waals surface area contributed by atoms with Crippen molar-refractivity contribution < 1.29 is 18.3 Å². The number of halogens is 3. The lowest BCUT2D eigenvalue weighted by Crippen LogP contribution is -2.50. The molecule has 1 aliphatic rings. The van der Waals surface area contributed by atoms with Crippen molar-refractivity contribution >= 4 is 11.2 Å². The fraction of sp³-hybridized carbons (Fsp3) is 0.667. The van der Waals surface area contributed by atoms with E-state index in [1.807, 2.05) is 0 Å². The summed E-state index contributed by atoms with van der Waals surface area (Å²) < 4.78 is 42.9. The van der Waals surface area contributed by atoms with Crippen molar-refractivity contribution in [2.75, 3.05) is 0 Å². The zero-order valence-corrected chi connectivity index (χ0v) is 13.9. The molecule has 0 radical (unpaired) electrons. The molecule has 1 N–H and O–H groups in total. The highest BCUT2D eigenvalue weighted by Crippen LogP contribution is 2.43. The van der Waals surface area contributed by atoms with Gasteiger partial charge in [0.05, 0.1) is 6.33 Å². The van der Waals surface area contributed by atoms with Crippen LogP contribution in [0.2, 0.25) is 0 Å². The number of aryl methyl sites for hydroxylation is 2. The lowest BCUT2D eigenvalue weighted by Gasteiger charge is -2.38. The van der Waals surface area contributed by atoms with Crippen molar-refractivity contribution in [2.45, 2.75) is 44.0 Å². The second kappa shape index (κ2) is 5.72. The predicted molar refractivity (Wildman–Crippen MR) is 83.2 cm³/mol. The van der Waals surface area contributed by atoms with Gasteiger partial charge in [0, 0.05) is 20.6 Å². The first-order chi connectivity index (χ1) is 11.5. The number of aromatic nitrogens is 4. The van der Waals surface area contributed by atoms with Crippen LogP contribution in [0.25, 0.3) is 11.2 Å². The van der Waals surface area contributed by atoms with E-state index < -0.39 is 35.4 Å². The second-order valence-corrected chi connectivity index (χ2v) is 6.78. The maximum atomic E-state index is 13.1. The minimum Gasteiger partial charge on any atom is -0.380 e. The van der Waals surface area contributed by atoms with Crippen molar-refractivity contribution in [2.24, 2.45) is 20.0 Å². The zero-order chi connectivity index (χ0) is 18.6. The molecule has 2 aromatic rings. The lowest BCUT2D eigenvalue weighted by molar-refractivity contribution is -0.274. The molecule has 1 fully saturated rings. The van der Waals surface area contributed by atoms with Crippen LogP contribution in [0, 0.1) is 5.92 Å². The first kappa shape index (κ1) is 17.7. The van der Waals surface area contributed by atoms with Gasteiger partial charge in [0.1, 0.15) is 0 Å². The SMILES string of the molecule is Cn1cnc2c1c(=O)n(C[C@@H]1CCC[C@](O)(C(F)(F)F)C1)c(=O)n2C. The third-order valence-corrected chi connectivity index (χ3v) is 5.00. The molecule has 0 aliphatic heterocycles. The van der Waals surface area contributed by atoms with Crippen LogP contribution in [-0.4, -0.2) is 35.6 Å². The number of hydrogen-bond acceptors (Lipinski definition) is 4. The summed E-state index contributed by atoms with van der Waals surface area (Å²) in [5, 5.41) is 9.92. The van der Waals surface area contributed by atoms with E-state index in [4.69, 9.17) is 0 Å². The standard InChI is InChI=1S/C15H19F3N4O3/c1-20-8-19-11-10(20)12(23)22(13(24)21(11)2)7-9-4-3-5-14(25,6-9)15(16,17)18/h8-9,25H,3-7H2,1-2H3/t9-,14-/m1/s1. The normalized spacial score (nSPS) is 24.8. The summed E-state index contributed by atoms with van der Waals surface area (Å²) in [6, 6.07) is 0. The molecule has 10 heteroatoms. The van der Waals surface area contributed by atoms with Crippen molar-refractivity contribution in [3.8, 4) is 0 Å². The molecule has 2 aromatic heterocycles. The van der Waals surface area contributed by atoms with Crippen LogP contribution in [0.15, 0.2) is 15.9 Å². The number of hydrogen-bond donors (Lipinski definition) is 1. The zero-order valence-electron chi connectivity index (χ0n) is 13.9. The highest BCUT2D eigenvalue weighted by molar-refractivity contribution is 5.69. The lowest BCUT2D eigenvalue weighted by atomic mass is 9.77. The molecule has 0 bridgehead atoms. The summed E-state index contributed by atoms with van der Waals surface area (Å²) in [5.74, 6) is -0.614. The Hall–Kier alpha value is -2.10. The quantitative estimate of drug-likeness (QED) is 0.863. The molecule has 7 nitrogen and oxygen atoms in total. The molecule has 1 aliphatic carbocycles. The summed E-state index contributed by atoms with van der Waals surface area (Å²) in [5.41, 5.74) is -3.54. The summed E-state index contributed by atoms with van der Waals surface area (Å²) in [4.78, 5) is 29.1. The molecule has 3 rings (SSSR count). The minimum absolute atomic E-state index is 0.162. The number of nitrogens with zero attached hydrogens (tertiary/aromatic N) is 4. The molecule has 138 valence electrons. The smallest absolute Gasteiger partial charge is 0.380 e. The van der Waals surface area contributed by atoms with E-state index in [-0.39, 0.29) is 30.6 Å². The Morgan fingerprint density at radius 3 is 2.68 bits per heavy atom.